The largest absolute Gasteiger partial charge is 0.443 e. The van der Waals surface area contributed by atoms with Gasteiger partial charge in [0, 0.05) is 4.90 Å². The van der Waals surface area contributed by atoms with Crippen molar-refractivity contribution in [2.75, 3.05) is 0 Å². The van der Waals surface area contributed by atoms with E-state index in [0.717, 1.165) is 0 Å². The van der Waals surface area contributed by atoms with Crippen molar-refractivity contribution in [3.05, 3.63) is 24.6 Å². The number of halogens is 1. The summed E-state index contributed by atoms with van der Waals surface area (Å²) in [5, 5.41) is 0. The van der Waals surface area contributed by atoms with E-state index in [2.05, 4.69) is 4.98 Å². The maximum Gasteiger partial charge on any atom is 0.181 e. The topological polar surface area (TPSA) is 26.0 Å². The van der Waals surface area contributed by atoms with Gasteiger partial charge in [0.1, 0.15) is 5.52 Å². The molecule has 0 aliphatic heterocycles. The molecule has 1 heterocycles. The van der Waals surface area contributed by atoms with Crippen molar-refractivity contribution >= 4 is 23.2 Å². The Bertz CT molecular complexity index is 373. The molecule has 0 amide bonds. The first kappa shape index (κ1) is 6.67. The lowest BCUT2D eigenvalue weighted by Crippen LogP contribution is -1.68. The Morgan fingerprint density at radius 2 is 2.36 bits per heavy atom. The molecule has 0 aliphatic carbocycles. The SMILES string of the molecule is FSc1ccc2ocnc2c1. The summed E-state index contributed by atoms with van der Waals surface area (Å²) in [6.45, 7) is 0. The van der Waals surface area contributed by atoms with Crippen LogP contribution in [0.4, 0.5) is 3.89 Å². The molecule has 1 aromatic carbocycles. The number of benzene rings is 1. The average molecular weight is 169 g/mol. The highest BCUT2D eigenvalue weighted by atomic mass is 32.2. The van der Waals surface area contributed by atoms with Crippen LogP contribution in [0.25, 0.3) is 11.1 Å². The predicted octanol–water partition coefficient (Wildman–Crippen LogP) is 2.80. The van der Waals surface area contributed by atoms with E-state index in [1.807, 2.05) is 0 Å². The van der Waals surface area contributed by atoms with Gasteiger partial charge in [-0.3, -0.25) is 0 Å². The van der Waals surface area contributed by atoms with Gasteiger partial charge in [-0.05, 0) is 18.2 Å². The van der Waals surface area contributed by atoms with Gasteiger partial charge >= 0.3 is 0 Å². The summed E-state index contributed by atoms with van der Waals surface area (Å²) in [6, 6.07) is 4.99. The Morgan fingerprint density at radius 1 is 1.45 bits per heavy atom. The van der Waals surface area contributed by atoms with Crippen LogP contribution >= 0.6 is 12.1 Å². The number of rotatable bonds is 1. The van der Waals surface area contributed by atoms with Crippen molar-refractivity contribution in [3.8, 4) is 0 Å². The van der Waals surface area contributed by atoms with Gasteiger partial charge < -0.3 is 4.42 Å². The van der Waals surface area contributed by atoms with Crippen LogP contribution in [-0.4, -0.2) is 4.98 Å². The molecule has 0 saturated heterocycles. The molecule has 4 heteroatoms. The Morgan fingerprint density at radius 3 is 3.18 bits per heavy atom. The van der Waals surface area contributed by atoms with Crippen molar-refractivity contribution in [3.63, 3.8) is 0 Å². The third kappa shape index (κ3) is 1.09. The molecule has 0 spiro atoms. The van der Waals surface area contributed by atoms with Gasteiger partial charge in [0.25, 0.3) is 0 Å². The van der Waals surface area contributed by atoms with E-state index >= 15 is 0 Å². The number of fused-ring (bicyclic) bond motifs is 1. The number of oxazole rings is 1. The van der Waals surface area contributed by atoms with Gasteiger partial charge in [-0.25, -0.2) is 4.98 Å². The molecule has 1 aromatic heterocycles. The highest BCUT2D eigenvalue weighted by Crippen LogP contribution is 2.22. The van der Waals surface area contributed by atoms with E-state index in [0.29, 0.717) is 16.0 Å². The molecule has 0 atom stereocenters. The fourth-order valence-corrected chi connectivity index (χ4v) is 1.16. The quantitative estimate of drug-likeness (QED) is 0.656. The molecule has 11 heavy (non-hydrogen) atoms. The van der Waals surface area contributed by atoms with Crippen molar-refractivity contribution in [1.29, 1.82) is 0 Å². The first-order valence-corrected chi connectivity index (χ1v) is 3.73. The second-order valence-corrected chi connectivity index (χ2v) is 2.68. The fourth-order valence-electron chi connectivity index (χ4n) is 0.886. The molecular weight excluding hydrogens is 165 g/mol. The Balaban J connectivity index is 2.67. The minimum Gasteiger partial charge on any atom is -0.443 e. The van der Waals surface area contributed by atoms with Gasteiger partial charge in [0.2, 0.25) is 0 Å². The number of aromatic nitrogens is 1. The molecular formula is C7H4FNOS. The molecule has 0 fully saturated rings. The molecule has 0 bridgehead atoms. The second-order valence-electron chi connectivity index (χ2n) is 2.06. The number of hydrogen-bond acceptors (Lipinski definition) is 3. The van der Waals surface area contributed by atoms with Crippen molar-refractivity contribution in [2.45, 2.75) is 4.90 Å². The first-order valence-electron chi connectivity index (χ1n) is 3.02. The molecule has 0 unspecified atom stereocenters. The van der Waals surface area contributed by atoms with E-state index in [-0.39, 0.29) is 12.1 Å². The van der Waals surface area contributed by atoms with Gasteiger partial charge in [-0.15, -0.1) is 0 Å². The van der Waals surface area contributed by atoms with E-state index in [1.54, 1.807) is 18.2 Å². The van der Waals surface area contributed by atoms with Crippen LogP contribution in [0.1, 0.15) is 0 Å². The van der Waals surface area contributed by atoms with E-state index in [4.69, 9.17) is 4.42 Å². The van der Waals surface area contributed by atoms with Gasteiger partial charge in [-0.2, -0.15) is 3.89 Å². The summed E-state index contributed by atoms with van der Waals surface area (Å²) >= 11 is 0.205. The molecule has 2 rings (SSSR count). The minimum absolute atomic E-state index is 0.205. The summed E-state index contributed by atoms with van der Waals surface area (Å²) in [5.41, 5.74) is 1.37. The van der Waals surface area contributed by atoms with E-state index in [9.17, 15) is 3.89 Å². The van der Waals surface area contributed by atoms with Gasteiger partial charge in [0.05, 0.1) is 12.1 Å². The lowest BCUT2D eigenvalue weighted by molar-refractivity contribution is 0.602. The van der Waals surface area contributed by atoms with Crippen LogP contribution in [0.5, 0.6) is 0 Å². The zero-order valence-corrected chi connectivity index (χ0v) is 6.27. The summed E-state index contributed by atoms with van der Waals surface area (Å²) in [5.74, 6) is 0. The van der Waals surface area contributed by atoms with Crippen LogP contribution in [-0.2, 0) is 0 Å². The second kappa shape index (κ2) is 2.54. The van der Waals surface area contributed by atoms with Gasteiger partial charge in [-0.1, -0.05) is 0 Å². The standard InChI is InChI=1S/C7H4FNOS/c8-11-5-1-2-7-6(3-5)9-4-10-7/h1-4H. The van der Waals surface area contributed by atoms with E-state index < -0.39 is 0 Å². The van der Waals surface area contributed by atoms with Crippen LogP contribution in [0.3, 0.4) is 0 Å². The number of hydrogen-bond donors (Lipinski definition) is 0. The average Bonchev–Trinajstić information content (AvgIpc) is 2.50. The van der Waals surface area contributed by atoms with E-state index in [1.165, 1.54) is 6.39 Å². The molecule has 2 aromatic rings. The molecule has 0 radical (unpaired) electrons. The maximum absolute atomic E-state index is 12.0. The molecule has 0 aliphatic rings. The van der Waals surface area contributed by atoms with Gasteiger partial charge in [0.15, 0.2) is 12.0 Å². The Labute approximate surface area is 66.7 Å². The maximum atomic E-state index is 12.0. The molecule has 2 nitrogen and oxygen atoms in total. The summed E-state index contributed by atoms with van der Waals surface area (Å²) in [6.07, 6.45) is 1.34. The third-order valence-electron chi connectivity index (χ3n) is 1.39. The van der Waals surface area contributed by atoms with Crippen LogP contribution in [0, 0.1) is 0 Å². The highest BCUT2D eigenvalue weighted by Gasteiger charge is 1.99. The zero-order valence-electron chi connectivity index (χ0n) is 5.45. The van der Waals surface area contributed by atoms with Crippen molar-refractivity contribution in [2.24, 2.45) is 0 Å². The minimum atomic E-state index is 0.205. The fraction of sp³-hybridized carbons (Fsp3) is 0. The number of nitrogens with zero attached hydrogens (tertiary/aromatic N) is 1. The molecule has 56 valence electrons. The third-order valence-corrected chi connectivity index (χ3v) is 1.82. The van der Waals surface area contributed by atoms with Crippen LogP contribution in [0.15, 0.2) is 33.9 Å². The molecule has 0 N–H and O–H groups in total. The Kier molecular flexibility index (Phi) is 1.54. The summed E-state index contributed by atoms with van der Waals surface area (Å²) < 4.78 is 17.0. The zero-order chi connectivity index (χ0) is 7.68. The lowest BCUT2D eigenvalue weighted by atomic mass is 10.3. The normalized spacial score (nSPS) is 10.6. The van der Waals surface area contributed by atoms with Crippen LogP contribution < -0.4 is 0 Å². The Hall–Kier alpha value is -1.03. The predicted molar refractivity (Wildman–Crippen MR) is 41.0 cm³/mol. The highest BCUT2D eigenvalue weighted by molar-refractivity contribution is 7.94. The van der Waals surface area contributed by atoms with Crippen molar-refractivity contribution < 1.29 is 8.30 Å². The van der Waals surface area contributed by atoms with Crippen molar-refractivity contribution in [1.82, 2.24) is 4.98 Å². The monoisotopic (exact) mass is 169 g/mol. The van der Waals surface area contributed by atoms with Crippen LogP contribution in [0.2, 0.25) is 0 Å². The lowest BCUT2D eigenvalue weighted by Gasteiger charge is -1.89. The smallest absolute Gasteiger partial charge is 0.181 e. The first-order chi connectivity index (χ1) is 5.40. The summed E-state index contributed by atoms with van der Waals surface area (Å²) in [7, 11) is 0. The summed E-state index contributed by atoms with van der Waals surface area (Å²) in [4.78, 5) is 4.43. The molecule has 0 saturated carbocycles.